The van der Waals surface area contributed by atoms with Crippen molar-refractivity contribution in [3.63, 3.8) is 0 Å². The van der Waals surface area contributed by atoms with E-state index in [4.69, 9.17) is 15.0 Å². The lowest BCUT2D eigenvalue weighted by Crippen LogP contribution is -2.43. The molecule has 17 heteroatoms. The fourth-order valence-corrected chi connectivity index (χ4v) is 6.16. The Kier molecular flexibility index (Phi) is 14.8. The van der Waals surface area contributed by atoms with Gasteiger partial charge in [-0.2, -0.15) is 0 Å². The zero-order chi connectivity index (χ0) is 38.6. The van der Waals surface area contributed by atoms with E-state index in [1.54, 1.807) is 41.5 Å². The Morgan fingerprint density at radius 2 is 1.12 bits per heavy atom. The number of rotatable bonds is 6. The molecular formula is C35H42BrF6N4O6+. The van der Waals surface area contributed by atoms with Crippen LogP contribution in [0.2, 0.25) is 0 Å². The van der Waals surface area contributed by atoms with Gasteiger partial charge in [-0.15, -0.1) is 0 Å². The summed E-state index contributed by atoms with van der Waals surface area (Å²) in [5, 5.41) is -0.0161. The number of nitrogens with zero attached hydrogens (tertiary/aromatic N) is 3. The van der Waals surface area contributed by atoms with Crippen molar-refractivity contribution in [2.45, 2.75) is 96.9 Å². The lowest BCUT2D eigenvalue weighted by molar-refractivity contribution is -0.133. The van der Waals surface area contributed by atoms with Crippen LogP contribution in [0.4, 0.5) is 35.9 Å². The Bertz CT molecular complexity index is 1730. The molecule has 0 aliphatic carbocycles. The van der Waals surface area contributed by atoms with Crippen LogP contribution in [0.3, 0.4) is 0 Å². The van der Waals surface area contributed by atoms with Crippen molar-refractivity contribution in [3.05, 3.63) is 70.3 Å². The van der Waals surface area contributed by atoms with E-state index in [-0.39, 0.29) is 44.5 Å². The molecule has 1 N–H and O–H groups in total. The first-order chi connectivity index (χ1) is 23.6. The summed E-state index contributed by atoms with van der Waals surface area (Å²) in [6.45, 7) is 9.55. The number of alkyl halides is 1. The molecular weight excluding hydrogens is 766 g/mol. The molecule has 4 atom stereocenters. The maximum Gasteiger partial charge on any atom is 0.410 e. The van der Waals surface area contributed by atoms with Crippen molar-refractivity contribution in [1.29, 1.82) is 5.53 Å². The van der Waals surface area contributed by atoms with Gasteiger partial charge in [-0.3, -0.25) is 19.4 Å². The third kappa shape index (κ3) is 10.7. The van der Waals surface area contributed by atoms with Gasteiger partial charge in [0.15, 0.2) is 29.1 Å². The van der Waals surface area contributed by atoms with Gasteiger partial charge in [0.05, 0.1) is 21.7 Å². The second-order valence-corrected chi connectivity index (χ2v) is 14.5. The highest BCUT2D eigenvalue weighted by Crippen LogP contribution is 2.38. The Balaban J connectivity index is 0.000000354. The molecule has 2 aliphatic heterocycles. The third-order valence-electron chi connectivity index (χ3n) is 7.86. The molecule has 0 saturated carbocycles. The predicted molar refractivity (Wildman–Crippen MR) is 180 cm³/mol. The largest absolute Gasteiger partial charge is 0.444 e. The lowest BCUT2D eigenvalue weighted by atomic mass is 9.94. The zero-order valence-electron chi connectivity index (χ0n) is 28.7. The fraction of sp³-hybridized carbons (Fsp3) is 0.514. The summed E-state index contributed by atoms with van der Waals surface area (Å²) in [7, 11) is 0. The summed E-state index contributed by atoms with van der Waals surface area (Å²) >= 11 is 3.04. The van der Waals surface area contributed by atoms with Crippen molar-refractivity contribution in [3.8, 4) is 0 Å². The van der Waals surface area contributed by atoms with E-state index < -0.39 is 99.1 Å². The van der Waals surface area contributed by atoms with Gasteiger partial charge in [-0.05, 0) is 78.6 Å². The van der Waals surface area contributed by atoms with Gasteiger partial charge in [0.25, 0.3) is 5.78 Å². The molecule has 0 aromatic heterocycles. The minimum atomic E-state index is -1.35. The van der Waals surface area contributed by atoms with E-state index in [1.165, 1.54) is 0 Å². The number of nitrogens with one attached hydrogen (secondary N) is 1. The molecule has 0 radical (unpaired) electrons. The van der Waals surface area contributed by atoms with Crippen molar-refractivity contribution in [1.82, 2.24) is 9.80 Å². The number of benzene rings is 2. The molecule has 52 heavy (non-hydrogen) atoms. The normalized spacial score (nSPS) is 19.9. The van der Waals surface area contributed by atoms with Gasteiger partial charge < -0.3 is 9.47 Å². The Morgan fingerprint density at radius 1 is 0.750 bits per heavy atom. The minimum absolute atomic E-state index is 0. The Morgan fingerprint density at radius 3 is 1.48 bits per heavy atom. The molecule has 2 aromatic carbocycles. The van der Waals surface area contributed by atoms with E-state index in [0.29, 0.717) is 18.3 Å². The van der Waals surface area contributed by atoms with Crippen molar-refractivity contribution >= 4 is 45.9 Å². The molecule has 0 spiro atoms. The summed E-state index contributed by atoms with van der Waals surface area (Å²) in [6.07, 6.45) is -1.01. The third-order valence-corrected chi connectivity index (χ3v) is 8.41. The second kappa shape index (κ2) is 17.5. The molecule has 2 unspecified atom stereocenters. The molecule has 2 aliphatic rings. The SMILES string of the molecule is C.CC(C)(C)OC(=O)N1C[C@@H](c2c(F)ccc(F)c2F)CC1C(=O)C=[N+]=N.CC(C)(C)OC(=O)N1C[C@@H](c2c(F)ccc(F)c2F)CC1C(=O)CBr. The summed E-state index contributed by atoms with van der Waals surface area (Å²) in [6, 6.07) is 1.02. The van der Waals surface area contributed by atoms with Crippen LogP contribution in [0.15, 0.2) is 24.3 Å². The number of Topliss-reactive ketones (excluding diaryl/α,β-unsaturated/α-hetero) is 2. The summed E-state index contributed by atoms with van der Waals surface area (Å²) in [5.41, 5.74) is 4.18. The molecule has 2 aromatic rings. The average Bonchev–Trinajstić information content (AvgIpc) is 3.66. The maximum atomic E-state index is 14.1. The first kappa shape index (κ1) is 43.9. The highest BCUT2D eigenvalue weighted by atomic mass is 79.9. The van der Waals surface area contributed by atoms with Crippen LogP contribution in [-0.2, 0) is 19.1 Å². The highest BCUT2D eigenvalue weighted by Gasteiger charge is 2.45. The molecule has 2 heterocycles. The van der Waals surface area contributed by atoms with E-state index in [2.05, 4.69) is 20.7 Å². The Hall–Kier alpha value is -4.24. The van der Waals surface area contributed by atoms with E-state index in [0.717, 1.165) is 21.9 Å². The monoisotopic (exact) mass is 807 g/mol. The zero-order valence-corrected chi connectivity index (χ0v) is 30.3. The molecule has 2 fully saturated rings. The number of amides is 2. The van der Waals surface area contributed by atoms with Gasteiger partial charge in [0.1, 0.15) is 28.9 Å². The van der Waals surface area contributed by atoms with Gasteiger partial charge in [0.2, 0.25) is 0 Å². The molecule has 0 bridgehead atoms. The molecule has 286 valence electrons. The van der Waals surface area contributed by atoms with Gasteiger partial charge in [-0.1, -0.05) is 23.4 Å². The number of carbonyl (C=O) groups excluding carboxylic acids is 4. The van der Waals surface area contributed by atoms with Crippen molar-refractivity contribution < 1.29 is 59.8 Å². The standard InChI is InChI=1S/C17H19BrF3NO3.C17H19F3N3O3.CH4/c1-17(2,3)25-16(24)22-8-9(6-12(22)13(23)7-18)14-10(19)4-5-11(20)15(14)21;1-17(2,3)26-16(25)23-8-9(6-12(23)13(24)7-22-21)14-10(18)4-5-11(19)15(14)20;/h4-5,9,12H,6-8H2,1-3H3;4-5,7,9,12,21H,6,8H2,1-3H3;1H4/q;+1;/t2*9-,12?;/m00./s1. The number of ketones is 2. The van der Waals surface area contributed by atoms with Crippen LogP contribution in [-0.4, -0.2) is 86.3 Å². The van der Waals surface area contributed by atoms with Crippen LogP contribution in [0.5, 0.6) is 0 Å². The number of ether oxygens (including phenoxy) is 2. The maximum absolute atomic E-state index is 14.1. The van der Waals surface area contributed by atoms with Gasteiger partial charge in [0, 0.05) is 36.1 Å². The average molecular weight is 809 g/mol. The number of halogens is 7. The number of hydrogen-bond donors (Lipinski definition) is 1. The van der Waals surface area contributed by atoms with Crippen LogP contribution < -0.4 is 0 Å². The second-order valence-electron chi connectivity index (χ2n) is 13.9. The van der Waals surface area contributed by atoms with Gasteiger partial charge in [-0.25, -0.2) is 35.9 Å². The molecule has 2 saturated heterocycles. The van der Waals surface area contributed by atoms with E-state index >= 15 is 0 Å². The van der Waals surface area contributed by atoms with E-state index in [1.807, 2.05) is 0 Å². The number of likely N-dealkylation sites (tertiary alicyclic amines) is 2. The Labute approximate surface area is 306 Å². The molecule has 2 amide bonds. The van der Waals surface area contributed by atoms with Crippen LogP contribution in [0.1, 0.15) is 84.8 Å². The first-order valence-electron chi connectivity index (χ1n) is 15.7. The summed E-state index contributed by atoms with van der Waals surface area (Å²) in [4.78, 5) is 54.2. The van der Waals surface area contributed by atoms with Crippen LogP contribution >= 0.6 is 15.9 Å². The van der Waals surface area contributed by atoms with Crippen LogP contribution in [0.25, 0.3) is 0 Å². The quantitative estimate of drug-likeness (QED) is 0.0790. The van der Waals surface area contributed by atoms with E-state index in [9.17, 15) is 45.5 Å². The smallest absolute Gasteiger partial charge is 0.410 e. The van der Waals surface area contributed by atoms with Crippen molar-refractivity contribution in [2.24, 2.45) is 0 Å². The number of hydrogen-bond acceptors (Lipinski definition) is 7. The molecule has 4 rings (SSSR count). The number of carbonyl (C=O) groups is 4. The predicted octanol–water partition coefficient (Wildman–Crippen LogP) is 7.87. The van der Waals surface area contributed by atoms with Crippen molar-refractivity contribution in [2.75, 3.05) is 18.4 Å². The molecule has 10 nitrogen and oxygen atoms in total. The topological polar surface area (TPSA) is 131 Å². The first-order valence-corrected chi connectivity index (χ1v) is 16.8. The summed E-state index contributed by atoms with van der Waals surface area (Å²) in [5.74, 6) is -9.65. The van der Waals surface area contributed by atoms with Gasteiger partial charge >= 0.3 is 18.4 Å². The summed E-state index contributed by atoms with van der Waals surface area (Å²) < 4.78 is 93.8. The minimum Gasteiger partial charge on any atom is -0.444 e. The van der Waals surface area contributed by atoms with Crippen LogP contribution in [0, 0.1) is 40.4 Å². The lowest BCUT2D eigenvalue weighted by Gasteiger charge is -2.27. The fourth-order valence-electron chi connectivity index (χ4n) is 5.78. The highest BCUT2D eigenvalue weighted by molar-refractivity contribution is 9.09.